The second kappa shape index (κ2) is 9.25. The van der Waals surface area contributed by atoms with E-state index in [0.29, 0.717) is 12.3 Å². The molecule has 3 N–H and O–H groups in total. The summed E-state index contributed by atoms with van der Waals surface area (Å²) in [5.41, 5.74) is 5.81. The van der Waals surface area contributed by atoms with Crippen LogP contribution in [0.3, 0.4) is 0 Å². The molecule has 0 saturated heterocycles. The normalized spacial score (nSPS) is 17.2. The highest BCUT2D eigenvalue weighted by Gasteiger charge is 2.36. The highest BCUT2D eigenvalue weighted by Crippen LogP contribution is 2.22. The number of rotatable bonds is 11. The zero-order valence-electron chi connectivity index (χ0n) is 13.7. The van der Waals surface area contributed by atoms with Gasteiger partial charge < -0.3 is 19.9 Å². The third-order valence-electron chi connectivity index (χ3n) is 3.40. The van der Waals surface area contributed by atoms with Gasteiger partial charge in [0.15, 0.2) is 0 Å². The summed E-state index contributed by atoms with van der Waals surface area (Å²) in [7, 11) is -3.28. The van der Waals surface area contributed by atoms with Gasteiger partial charge in [-0.1, -0.05) is 19.6 Å². The third-order valence-corrected chi connectivity index (χ3v) is 9.21. The smallest absolute Gasteiger partial charge is 0.334 e. The maximum Gasteiger partial charge on any atom is 0.334 e. The van der Waals surface area contributed by atoms with E-state index in [9.17, 15) is 0 Å². The Morgan fingerprint density at radius 3 is 2.26 bits per heavy atom. The molecule has 4 nitrogen and oxygen atoms in total. The Bertz CT molecular complexity index is 237. The van der Waals surface area contributed by atoms with Gasteiger partial charge in [0.2, 0.25) is 0 Å². The second-order valence-electron chi connectivity index (χ2n) is 6.34. The fourth-order valence-electron chi connectivity index (χ4n) is 1.78. The summed E-state index contributed by atoms with van der Waals surface area (Å²) in [5, 5.41) is 3.33. The van der Waals surface area contributed by atoms with Crippen molar-refractivity contribution in [3.8, 4) is 0 Å². The van der Waals surface area contributed by atoms with Gasteiger partial charge in [-0.15, -0.1) is 0 Å². The molecule has 0 aromatic heterocycles. The molecule has 0 rings (SSSR count). The van der Waals surface area contributed by atoms with E-state index in [4.69, 9.17) is 14.6 Å². The Kier molecular flexibility index (Phi) is 9.39. The van der Waals surface area contributed by atoms with Crippen molar-refractivity contribution >= 4 is 16.6 Å². The third kappa shape index (κ3) is 8.93. The van der Waals surface area contributed by atoms with E-state index >= 15 is 0 Å². The van der Waals surface area contributed by atoms with Gasteiger partial charge in [0, 0.05) is 25.4 Å². The minimum Gasteiger partial charge on any atom is -0.395 e. The maximum atomic E-state index is 6.38. The van der Waals surface area contributed by atoms with Crippen LogP contribution in [0.4, 0.5) is 0 Å². The quantitative estimate of drug-likeness (QED) is 0.454. The fourth-order valence-corrected chi connectivity index (χ4v) is 6.45. The Hall–Kier alpha value is 0.274. The summed E-state index contributed by atoms with van der Waals surface area (Å²) in [4.78, 5) is 0. The first kappa shape index (κ1) is 19.3. The average molecular weight is 307 g/mol. The summed E-state index contributed by atoms with van der Waals surface area (Å²) in [6.07, 6.45) is 1.10. The summed E-state index contributed by atoms with van der Waals surface area (Å²) >= 11 is 0. The van der Waals surface area contributed by atoms with Crippen LogP contribution in [-0.4, -0.2) is 48.6 Å². The van der Waals surface area contributed by atoms with Gasteiger partial charge in [-0.05, 0) is 39.4 Å². The second-order valence-corrected chi connectivity index (χ2v) is 15.2. The number of nitrogens with two attached hydrogens (primary N) is 1. The first-order valence-corrected chi connectivity index (χ1v) is 13.6. The zero-order valence-corrected chi connectivity index (χ0v) is 15.7. The molecule has 2 unspecified atom stereocenters. The molecule has 0 amide bonds. The van der Waals surface area contributed by atoms with Gasteiger partial charge in [-0.3, -0.25) is 0 Å². The van der Waals surface area contributed by atoms with Gasteiger partial charge in [0.05, 0.1) is 8.07 Å². The van der Waals surface area contributed by atoms with Gasteiger partial charge in [0.1, 0.15) is 0 Å². The predicted molar refractivity (Wildman–Crippen MR) is 88.5 cm³/mol. The number of hydrogen-bond donors (Lipinski definition) is 2. The average Bonchev–Trinajstić information content (AvgIpc) is 2.27. The lowest BCUT2D eigenvalue weighted by Gasteiger charge is -2.35. The van der Waals surface area contributed by atoms with E-state index in [1.54, 1.807) is 0 Å². The van der Waals surface area contributed by atoms with Crippen molar-refractivity contribution in [1.29, 1.82) is 0 Å². The minimum absolute atomic E-state index is 0.354. The molecule has 6 heteroatoms. The summed E-state index contributed by atoms with van der Waals surface area (Å²) in [5.74, 6) is 0. The Morgan fingerprint density at radius 1 is 1.16 bits per heavy atom. The van der Waals surface area contributed by atoms with E-state index in [2.05, 4.69) is 45.4 Å². The van der Waals surface area contributed by atoms with E-state index in [0.717, 1.165) is 32.2 Å². The monoisotopic (exact) mass is 306 g/mol. The lowest BCUT2D eigenvalue weighted by molar-refractivity contribution is 0.165. The molecule has 0 spiro atoms. The molecule has 0 heterocycles. The molecule has 2 atom stereocenters. The van der Waals surface area contributed by atoms with Crippen molar-refractivity contribution in [2.24, 2.45) is 5.73 Å². The van der Waals surface area contributed by atoms with Gasteiger partial charge in [0.25, 0.3) is 0 Å². The van der Waals surface area contributed by atoms with E-state index in [-0.39, 0.29) is 0 Å². The van der Waals surface area contributed by atoms with E-state index in [1.807, 2.05) is 0 Å². The molecular formula is C13H34N2O2Si2. The lowest BCUT2D eigenvalue weighted by atomic mass is 10.5. The maximum absolute atomic E-state index is 6.38. The topological polar surface area (TPSA) is 56.5 Å². The molecule has 0 saturated carbocycles. The van der Waals surface area contributed by atoms with E-state index in [1.165, 1.54) is 0 Å². The molecule has 0 aromatic rings. The fraction of sp³-hybridized carbons (Fsp3) is 1.00. The van der Waals surface area contributed by atoms with Crippen molar-refractivity contribution in [2.45, 2.75) is 58.2 Å². The largest absolute Gasteiger partial charge is 0.395 e. The van der Waals surface area contributed by atoms with Gasteiger partial charge in [-0.25, -0.2) is 0 Å². The molecule has 0 aromatic carbocycles. The predicted octanol–water partition coefficient (Wildman–Crippen LogP) is 2.32. The molecule has 0 radical (unpaired) electrons. The molecule has 0 bridgehead atoms. The summed E-state index contributed by atoms with van der Waals surface area (Å²) in [6, 6.07) is 1.05. The Labute approximate surface area is 121 Å². The molecule has 19 heavy (non-hydrogen) atoms. The van der Waals surface area contributed by atoms with Crippen LogP contribution in [0.15, 0.2) is 0 Å². The van der Waals surface area contributed by atoms with Crippen LogP contribution in [-0.2, 0) is 8.85 Å². The number of nitrogens with one attached hydrogen (secondary N) is 1. The van der Waals surface area contributed by atoms with Crippen molar-refractivity contribution in [2.75, 3.05) is 26.2 Å². The van der Waals surface area contributed by atoms with Crippen molar-refractivity contribution in [3.05, 3.63) is 0 Å². The first-order valence-electron chi connectivity index (χ1n) is 7.47. The van der Waals surface area contributed by atoms with Crippen LogP contribution in [0.5, 0.6) is 0 Å². The minimum atomic E-state index is -2.02. The molecule has 116 valence electrons. The van der Waals surface area contributed by atoms with Crippen LogP contribution in [0, 0.1) is 0 Å². The Morgan fingerprint density at radius 2 is 1.79 bits per heavy atom. The highest BCUT2D eigenvalue weighted by molar-refractivity contribution is 6.78. The highest BCUT2D eigenvalue weighted by atomic mass is 28.4. The van der Waals surface area contributed by atoms with Crippen molar-refractivity contribution in [3.63, 3.8) is 0 Å². The van der Waals surface area contributed by atoms with Gasteiger partial charge in [-0.2, -0.15) is 0 Å². The van der Waals surface area contributed by atoms with Gasteiger partial charge >= 0.3 is 8.56 Å². The van der Waals surface area contributed by atoms with Crippen LogP contribution >= 0.6 is 0 Å². The van der Waals surface area contributed by atoms with Crippen molar-refractivity contribution < 1.29 is 8.85 Å². The summed E-state index contributed by atoms with van der Waals surface area (Å²) < 4.78 is 12.4. The Balaban J connectivity index is 4.25. The van der Waals surface area contributed by atoms with Crippen LogP contribution < -0.4 is 11.1 Å². The van der Waals surface area contributed by atoms with Crippen LogP contribution in [0.1, 0.15) is 20.3 Å². The first-order chi connectivity index (χ1) is 8.75. The van der Waals surface area contributed by atoms with Crippen LogP contribution in [0.2, 0.25) is 32.2 Å². The molecule has 0 fully saturated rings. The van der Waals surface area contributed by atoms with Crippen LogP contribution in [0.25, 0.3) is 0 Å². The molecule has 0 aliphatic carbocycles. The lowest BCUT2D eigenvalue weighted by Crippen LogP contribution is -2.49. The molecule has 0 aliphatic rings. The molecular weight excluding hydrogens is 272 g/mol. The van der Waals surface area contributed by atoms with E-state index < -0.39 is 16.6 Å². The number of hydrogen-bond acceptors (Lipinski definition) is 4. The van der Waals surface area contributed by atoms with Crippen molar-refractivity contribution in [1.82, 2.24) is 5.32 Å². The summed E-state index contributed by atoms with van der Waals surface area (Å²) in [6.45, 7) is 16.8. The molecule has 0 aliphatic heterocycles. The standard InChI is InChI=1S/C13H34N2O2Si2/c1-7-16-19(6,12-8-10-15-11-9-14)17-13(2)18(3,4)5/h13,15H,7-12,14H2,1-6H3. The zero-order chi connectivity index (χ0) is 14.9. The SMILES string of the molecule is CCO[Si](C)(CCCNCCN)OC(C)[Si](C)(C)C.